The summed E-state index contributed by atoms with van der Waals surface area (Å²) in [5, 5.41) is 7.54. The first-order valence-corrected chi connectivity index (χ1v) is 21.0. The molecule has 0 aromatic heterocycles. The van der Waals surface area contributed by atoms with Gasteiger partial charge in [-0.05, 0) is 125 Å². The Hall–Kier alpha value is -8.00. The predicted molar refractivity (Wildman–Crippen MR) is 261 cm³/mol. The third kappa shape index (κ3) is 7.03. The van der Waals surface area contributed by atoms with Gasteiger partial charge >= 0.3 is 0 Å². The Bertz CT molecular complexity index is 3310. The van der Waals surface area contributed by atoms with Crippen molar-refractivity contribution in [3.05, 3.63) is 249 Å². The number of rotatable bonds is 8. The van der Waals surface area contributed by atoms with Gasteiger partial charge < -0.3 is 4.90 Å². The lowest BCUT2D eigenvalue weighted by molar-refractivity contribution is 1.28. The van der Waals surface area contributed by atoms with Gasteiger partial charge in [-0.3, -0.25) is 0 Å². The summed E-state index contributed by atoms with van der Waals surface area (Å²) in [5.74, 6) is 0. The van der Waals surface area contributed by atoms with Crippen LogP contribution in [0.25, 0.3) is 88.0 Å². The normalized spacial score (nSPS) is 11.3. The van der Waals surface area contributed by atoms with Gasteiger partial charge in [0.25, 0.3) is 0 Å². The van der Waals surface area contributed by atoms with Crippen LogP contribution in [-0.4, -0.2) is 0 Å². The number of hydrogen-bond donors (Lipinski definition) is 0. The molecular weight excluding hydrogens is 735 g/mol. The zero-order chi connectivity index (χ0) is 40.5. The van der Waals surface area contributed by atoms with Crippen LogP contribution in [0, 0.1) is 0 Å². The molecule has 0 N–H and O–H groups in total. The quantitative estimate of drug-likeness (QED) is 0.139. The first-order valence-electron chi connectivity index (χ1n) is 21.0. The highest BCUT2D eigenvalue weighted by Gasteiger charge is 2.19. The van der Waals surface area contributed by atoms with Gasteiger partial charge in [0, 0.05) is 16.9 Å². The van der Waals surface area contributed by atoms with Gasteiger partial charge in [-0.15, -0.1) is 0 Å². The van der Waals surface area contributed by atoms with Crippen LogP contribution in [-0.2, 0) is 0 Å². The molecule has 1 nitrogen and oxygen atoms in total. The monoisotopic (exact) mass is 775 g/mol. The second-order valence-electron chi connectivity index (χ2n) is 15.8. The number of benzene rings is 11. The SMILES string of the molecule is c1ccc(-c2ccc(-c3ccc(N(c4ccc(-c5ccc6c(ccc7ccccc76)c5)cc4)c4cc(-c5ccc6ccccc6c5)ccc4-c4ccccc4)cc3)cc2)cc1. The van der Waals surface area contributed by atoms with Crippen LogP contribution < -0.4 is 4.90 Å². The largest absolute Gasteiger partial charge is 0.310 e. The average molecular weight is 776 g/mol. The molecule has 0 saturated heterocycles. The van der Waals surface area contributed by atoms with Crippen LogP contribution >= 0.6 is 0 Å². The number of anilines is 3. The highest BCUT2D eigenvalue weighted by Crippen LogP contribution is 2.44. The zero-order valence-corrected chi connectivity index (χ0v) is 33.6. The molecule has 286 valence electrons. The van der Waals surface area contributed by atoms with Gasteiger partial charge in [0.05, 0.1) is 5.69 Å². The van der Waals surface area contributed by atoms with E-state index in [1.54, 1.807) is 0 Å². The third-order valence-electron chi connectivity index (χ3n) is 12.1. The Morgan fingerprint density at radius 1 is 0.213 bits per heavy atom. The van der Waals surface area contributed by atoms with Gasteiger partial charge in [0.15, 0.2) is 0 Å². The Morgan fingerprint density at radius 3 is 1.28 bits per heavy atom. The molecule has 0 saturated carbocycles. The second-order valence-corrected chi connectivity index (χ2v) is 15.8. The molecule has 11 aromatic carbocycles. The maximum absolute atomic E-state index is 2.42. The molecule has 0 aliphatic heterocycles. The van der Waals surface area contributed by atoms with Crippen molar-refractivity contribution in [2.75, 3.05) is 4.90 Å². The van der Waals surface area contributed by atoms with Crippen molar-refractivity contribution < 1.29 is 0 Å². The fraction of sp³-hybridized carbons (Fsp3) is 0. The summed E-state index contributed by atoms with van der Waals surface area (Å²) >= 11 is 0. The van der Waals surface area contributed by atoms with Gasteiger partial charge in [0.2, 0.25) is 0 Å². The summed E-state index contributed by atoms with van der Waals surface area (Å²) in [6.45, 7) is 0. The van der Waals surface area contributed by atoms with E-state index in [1.165, 1.54) is 82.4 Å². The van der Waals surface area contributed by atoms with Crippen molar-refractivity contribution in [3.63, 3.8) is 0 Å². The fourth-order valence-corrected chi connectivity index (χ4v) is 8.84. The Kier molecular flexibility index (Phi) is 9.26. The van der Waals surface area contributed by atoms with E-state index in [0.29, 0.717) is 0 Å². The van der Waals surface area contributed by atoms with Gasteiger partial charge in [0.1, 0.15) is 0 Å². The molecular formula is C60H41N. The number of nitrogens with zero attached hydrogens (tertiary/aromatic N) is 1. The lowest BCUT2D eigenvalue weighted by atomic mass is 9.95. The van der Waals surface area contributed by atoms with Gasteiger partial charge in [-0.1, -0.05) is 206 Å². The highest BCUT2D eigenvalue weighted by atomic mass is 15.1. The standard InChI is InChI=1S/C60H41N/c1-3-11-42(12-4-1)44-19-21-45(22-20-44)46-27-33-55(34-28-46)61(56-35-29-47(30-36-56)51-31-37-58-54(40-51)26-24-49-16-9-10-18-57(49)58)60-41-53(32-38-59(60)48-14-5-2-6-15-48)52-25-23-43-13-7-8-17-50(43)39-52/h1-41H. The molecule has 0 atom stereocenters. The molecule has 0 unspecified atom stereocenters. The lowest BCUT2D eigenvalue weighted by Crippen LogP contribution is -2.11. The summed E-state index contributed by atoms with van der Waals surface area (Å²) in [6, 6.07) is 90.5. The first-order chi connectivity index (χ1) is 30.2. The van der Waals surface area contributed by atoms with E-state index in [2.05, 4.69) is 254 Å². The highest BCUT2D eigenvalue weighted by molar-refractivity contribution is 6.08. The smallest absolute Gasteiger partial charge is 0.0546 e. The molecule has 0 aliphatic carbocycles. The average Bonchev–Trinajstić information content (AvgIpc) is 3.35. The van der Waals surface area contributed by atoms with Crippen LogP contribution in [0.1, 0.15) is 0 Å². The maximum atomic E-state index is 2.42. The molecule has 0 spiro atoms. The molecule has 0 fully saturated rings. The lowest BCUT2D eigenvalue weighted by Gasteiger charge is -2.29. The Balaban J connectivity index is 1.03. The summed E-state index contributed by atoms with van der Waals surface area (Å²) in [4.78, 5) is 2.42. The predicted octanol–water partition coefficient (Wildman–Crippen LogP) is 17.0. The van der Waals surface area contributed by atoms with Gasteiger partial charge in [-0.2, -0.15) is 0 Å². The van der Waals surface area contributed by atoms with E-state index in [0.717, 1.165) is 22.6 Å². The summed E-state index contributed by atoms with van der Waals surface area (Å²) in [7, 11) is 0. The molecule has 61 heavy (non-hydrogen) atoms. The third-order valence-corrected chi connectivity index (χ3v) is 12.1. The number of hydrogen-bond acceptors (Lipinski definition) is 1. The summed E-state index contributed by atoms with van der Waals surface area (Å²) in [6.07, 6.45) is 0. The van der Waals surface area contributed by atoms with Crippen molar-refractivity contribution in [3.8, 4) is 55.6 Å². The van der Waals surface area contributed by atoms with Crippen molar-refractivity contribution in [2.45, 2.75) is 0 Å². The number of fused-ring (bicyclic) bond motifs is 4. The van der Waals surface area contributed by atoms with Crippen LogP contribution in [0.2, 0.25) is 0 Å². The van der Waals surface area contributed by atoms with Crippen molar-refractivity contribution in [1.29, 1.82) is 0 Å². The minimum absolute atomic E-state index is 1.09. The van der Waals surface area contributed by atoms with Crippen molar-refractivity contribution in [1.82, 2.24) is 0 Å². The van der Waals surface area contributed by atoms with Crippen LogP contribution in [0.4, 0.5) is 17.1 Å². The van der Waals surface area contributed by atoms with Crippen molar-refractivity contribution >= 4 is 49.4 Å². The van der Waals surface area contributed by atoms with E-state index >= 15 is 0 Å². The second kappa shape index (κ2) is 15.6. The van der Waals surface area contributed by atoms with Crippen LogP contribution in [0.5, 0.6) is 0 Å². The van der Waals surface area contributed by atoms with Crippen molar-refractivity contribution in [2.24, 2.45) is 0 Å². The zero-order valence-electron chi connectivity index (χ0n) is 33.6. The molecule has 0 bridgehead atoms. The fourth-order valence-electron chi connectivity index (χ4n) is 8.84. The summed E-state index contributed by atoms with van der Waals surface area (Å²) < 4.78 is 0. The molecule has 0 amide bonds. The maximum Gasteiger partial charge on any atom is 0.0546 e. The Labute approximate surface area is 357 Å². The molecule has 11 aromatic rings. The topological polar surface area (TPSA) is 3.24 Å². The van der Waals surface area contributed by atoms with E-state index in [1.807, 2.05) is 0 Å². The minimum Gasteiger partial charge on any atom is -0.310 e. The van der Waals surface area contributed by atoms with Crippen LogP contribution in [0.3, 0.4) is 0 Å². The summed E-state index contributed by atoms with van der Waals surface area (Å²) in [5.41, 5.74) is 15.2. The van der Waals surface area contributed by atoms with E-state index < -0.39 is 0 Å². The minimum atomic E-state index is 1.09. The van der Waals surface area contributed by atoms with Gasteiger partial charge in [-0.25, -0.2) is 0 Å². The first kappa shape index (κ1) is 36.1. The van der Waals surface area contributed by atoms with Crippen LogP contribution in [0.15, 0.2) is 249 Å². The molecule has 11 rings (SSSR count). The van der Waals surface area contributed by atoms with E-state index in [9.17, 15) is 0 Å². The molecule has 1 heteroatoms. The molecule has 0 radical (unpaired) electrons. The van der Waals surface area contributed by atoms with E-state index in [4.69, 9.17) is 0 Å². The Morgan fingerprint density at radius 2 is 0.607 bits per heavy atom. The van der Waals surface area contributed by atoms with E-state index in [-0.39, 0.29) is 0 Å². The molecule has 0 heterocycles. The molecule has 0 aliphatic rings.